The van der Waals surface area contributed by atoms with Crippen molar-refractivity contribution in [2.24, 2.45) is 0 Å². The largest absolute Gasteiger partial charge is 0.354 e. The second-order valence-corrected chi connectivity index (χ2v) is 6.90. The lowest BCUT2D eigenvalue weighted by atomic mass is 10.0. The minimum absolute atomic E-state index is 0.129. The van der Waals surface area contributed by atoms with Crippen LogP contribution in [-0.4, -0.2) is 43.8 Å². The smallest absolute Gasteiger partial charge is 0.326 e. The number of imidazole rings is 1. The average molecular weight is 377 g/mol. The van der Waals surface area contributed by atoms with E-state index in [4.69, 9.17) is 5.26 Å². The van der Waals surface area contributed by atoms with Crippen LogP contribution in [0.15, 0.2) is 41.6 Å². The van der Waals surface area contributed by atoms with Crippen LogP contribution in [-0.2, 0) is 0 Å². The Bertz CT molecular complexity index is 1260. The van der Waals surface area contributed by atoms with Gasteiger partial charge in [0.2, 0.25) is 0 Å². The normalized spacial score (nSPS) is 19.9. The Labute approximate surface area is 158 Å². The van der Waals surface area contributed by atoms with E-state index in [-0.39, 0.29) is 12.2 Å². The number of nitriles is 1. The Hall–Kier alpha value is -3.67. The third kappa shape index (κ3) is 2.45. The van der Waals surface area contributed by atoms with E-state index < -0.39 is 12.2 Å². The van der Waals surface area contributed by atoms with Gasteiger partial charge in [-0.2, -0.15) is 5.26 Å². The van der Waals surface area contributed by atoms with E-state index >= 15 is 4.39 Å². The molecule has 9 heteroatoms. The first-order valence-electron chi connectivity index (χ1n) is 8.97. The predicted molar refractivity (Wildman–Crippen MR) is 102 cm³/mol. The molecule has 0 radical (unpaired) electrons. The molecule has 28 heavy (non-hydrogen) atoms. The van der Waals surface area contributed by atoms with Crippen LogP contribution in [0.3, 0.4) is 0 Å². The Balaban J connectivity index is 1.50. The van der Waals surface area contributed by atoms with E-state index in [0.29, 0.717) is 41.0 Å². The van der Waals surface area contributed by atoms with E-state index in [1.165, 1.54) is 10.8 Å². The molecule has 1 fully saturated rings. The molecule has 4 aromatic rings. The molecule has 140 valence electrons. The molecule has 1 aliphatic rings. The van der Waals surface area contributed by atoms with Crippen molar-refractivity contribution in [3.63, 3.8) is 0 Å². The highest BCUT2D eigenvalue weighted by molar-refractivity contribution is 6.00. The molecule has 4 aromatic heterocycles. The molecule has 0 saturated carbocycles. The standard InChI is InChI=1S/C19H16FN7O/c20-13-10-26(16-2-1-11(7-21)8-23-16)6-4-15(13)27-17-12-3-5-22-18(12)24-9-14(17)25-19(27)28/h1-3,5,8-9,13,15H,4,6,10H2,(H,22,24)(H,25,28)/t13?,15-/m1/s1. The van der Waals surface area contributed by atoms with E-state index in [9.17, 15) is 4.79 Å². The number of anilines is 1. The molecule has 1 saturated heterocycles. The summed E-state index contributed by atoms with van der Waals surface area (Å²) in [5.41, 5.74) is 2.07. The maximum Gasteiger partial charge on any atom is 0.326 e. The molecular formula is C19H16FN7O. The van der Waals surface area contributed by atoms with E-state index in [1.807, 2.05) is 17.0 Å². The fourth-order valence-electron chi connectivity index (χ4n) is 3.97. The quantitative estimate of drug-likeness (QED) is 0.557. The number of fused-ring (bicyclic) bond motifs is 3. The molecule has 0 aromatic carbocycles. The number of hydrogen-bond donors (Lipinski definition) is 2. The number of rotatable bonds is 2. The fourth-order valence-corrected chi connectivity index (χ4v) is 3.97. The Morgan fingerprint density at radius 3 is 2.89 bits per heavy atom. The third-order valence-electron chi connectivity index (χ3n) is 5.30. The van der Waals surface area contributed by atoms with Crippen molar-refractivity contribution in [2.75, 3.05) is 18.0 Å². The molecule has 1 unspecified atom stereocenters. The van der Waals surface area contributed by atoms with Crippen molar-refractivity contribution in [3.05, 3.63) is 52.8 Å². The van der Waals surface area contributed by atoms with Crippen molar-refractivity contribution < 1.29 is 4.39 Å². The summed E-state index contributed by atoms with van der Waals surface area (Å²) in [5.74, 6) is 0.628. The van der Waals surface area contributed by atoms with Crippen LogP contribution in [0.5, 0.6) is 0 Å². The van der Waals surface area contributed by atoms with Crippen molar-refractivity contribution >= 4 is 27.9 Å². The summed E-state index contributed by atoms with van der Waals surface area (Å²) >= 11 is 0. The van der Waals surface area contributed by atoms with Crippen LogP contribution in [0.2, 0.25) is 0 Å². The van der Waals surface area contributed by atoms with E-state index in [1.54, 1.807) is 24.5 Å². The lowest BCUT2D eigenvalue weighted by Gasteiger charge is -2.35. The number of nitrogens with one attached hydrogen (secondary N) is 2. The zero-order valence-corrected chi connectivity index (χ0v) is 14.8. The van der Waals surface area contributed by atoms with E-state index in [2.05, 4.69) is 19.9 Å². The van der Waals surface area contributed by atoms with Gasteiger partial charge in [0, 0.05) is 24.3 Å². The highest BCUT2D eigenvalue weighted by Gasteiger charge is 2.33. The fraction of sp³-hybridized carbons (Fsp3) is 0.263. The van der Waals surface area contributed by atoms with Gasteiger partial charge in [0.1, 0.15) is 23.7 Å². The zero-order chi connectivity index (χ0) is 19.3. The molecule has 8 nitrogen and oxygen atoms in total. The van der Waals surface area contributed by atoms with Gasteiger partial charge in [0.15, 0.2) is 0 Å². The van der Waals surface area contributed by atoms with Gasteiger partial charge in [-0.1, -0.05) is 0 Å². The minimum atomic E-state index is -1.25. The lowest BCUT2D eigenvalue weighted by Crippen LogP contribution is -2.45. The first-order valence-corrected chi connectivity index (χ1v) is 8.97. The summed E-state index contributed by atoms with van der Waals surface area (Å²) in [6.07, 6.45) is 4.04. The lowest BCUT2D eigenvalue weighted by molar-refractivity contribution is 0.200. The van der Waals surface area contributed by atoms with Crippen LogP contribution < -0.4 is 10.6 Å². The molecule has 0 spiro atoms. The van der Waals surface area contributed by atoms with Gasteiger partial charge in [-0.05, 0) is 24.6 Å². The van der Waals surface area contributed by atoms with Crippen molar-refractivity contribution in [2.45, 2.75) is 18.6 Å². The predicted octanol–water partition coefficient (Wildman–Crippen LogP) is 2.26. The molecule has 2 atom stereocenters. The molecule has 0 aliphatic carbocycles. The number of alkyl halides is 1. The molecular weight excluding hydrogens is 361 g/mol. The second kappa shape index (κ2) is 6.20. The van der Waals surface area contributed by atoms with Crippen molar-refractivity contribution in [1.29, 1.82) is 5.26 Å². The first-order chi connectivity index (χ1) is 13.7. The maximum atomic E-state index is 15.2. The Morgan fingerprint density at radius 1 is 1.25 bits per heavy atom. The van der Waals surface area contributed by atoms with Crippen LogP contribution in [0.25, 0.3) is 22.1 Å². The minimum Gasteiger partial charge on any atom is -0.354 e. The Kier molecular flexibility index (Phi) is 3.65. The van der Waals surface area contributed by atoms with Gasteiger partial charge < -0.3 is 14.9 Å². The summed E-state index contributed by atoms with van der Waals surface area (Å²) in [6, 6.07) is 6.68. The summed E-state index contributed by atoms with van der Waals surface area (Å²) in [7, 11) is 0. The van der Waals surface area contributed by atoms with Crippen LogP contribution in [0, 0.1) is 11.3 Å². The number of hydrogen-bond acceptors (Lipinski definition) is 5. The number of pyridine rings is 2. The number of aromatic nitrogens is 5. The number of piperidine rings is 1. The summed E-state index contributed by atoms with van der Waals surface area (Å²) in [6.45, 7) is 0.689. The molecule has 1 aliphatic heterocycles. The number of aromatic amines is 2. The second-order valence-electron chi connectivity index (χ2n) is 6.90. The monoisotopic (exact) mass is 377 g/mol. The summed E-state index contributed by atoms with van der Waals surface area (Å²) in [5, 5.41) is 9.68. The highest BCUT2D eigenvalue weighted by atomic mass is 19.1. The summed E-state index contributed by atoms with van der Waals surface area (Å²) in [4.78, 5) is 28.8. The van der Waals surface area contributed by atoms with Gasteiger partial charge in [0.05, 0.1) is 35.4 Å². The van der Waals surface area contributed by atoms with Gasteiger partial charge in [-0.25, -0.2) is 19.2 Å². The maximum absolute atomic E-state index is 15.2. The SMILES string of the molecule is N#Cc1ccc(N2CC[C@@H](n3c(=O)[nH]c4cnc5[nH]ccc5c43)C(F)C2)nc1. The van der Waals surface area contributed by atoms with Crippen LogP contribution in [0.1, 0.15) is 18.0 Å². The van der Waals surface area contributed by atoms with Crippen LogP contribution >= 0.6 is 0 Å². The number of nitrogens with zero attached hydrogens (tertiary/aromatic N) is 5. The Morgan fingerprint density at radius 2 is 2.14 bits per heavy atom. The zero-order valence-electron chi connectivity index (χ0n) is 14.8. The molecule has 2 N–H and O–H groups in total. The topological polar surface area (TPSA) is 106 Å². The highest BCUT2D eigenvalue weighted by Crippen LogP contribution is 2.31. The molecule has 0 amide bonds. The molecule has 5 heterocycles. The van der Waals surface area contributed by atoms with Gasteiger partial charge >= 0.3 is 5.69 Å². The third-order valence-corrected chi connectivity index (χ3v) is 5.30. The van der Waals surface area contributed by atoms with Gasteiger partial charge in [-0.15, -0.1) is 0 Å². The summed E-state index contributed by atoms with van der Waals surface area (Å²) < 4.78 is 16.7. The molecule has 0 bridgehead atoms. The van der Waals surface area contributed by atoms with Gasteiger partial charge in [-0.3, -0.25) is 4.57 Å². The number of halogens is 1. The van der Waals surface area contributed by atoms with Crippen molar-refractivity contribution in [1.82, 2.24) is 24.5 Å². The molecule has 5 rings (SSSR count). The van der Waals surface area contributed by atoms with Crippen molar-refractivity contribution in [3.8, 4) is 6.07 Å². The first kappa shape index (κ1) is 16.5. The number of H-pyrrole nitrogens is 2. The van der Waals surface area contributed by atoms with Crippen LogP contribution in [0.4, 0.5) is 10.2 Å². The van der Waals surface area contributed by atoms with Gasteiger partial charge in [0.25, 0.3) is 0 Å². The average Bonchev–Trinajstić information content (AvgIpc) is 3.31. The van der Waals surface area contributed by atoms with E-state index in [0.717, 1.165) is 5.39 Å².